The first kappa shape index (κ1) is 18.5. The second kappa shape index (κ2) is 7.63. The number of hydrogen-bond donors (Lipinski definition) is 1. The molecule has 0 aliphatic heterocycles. The van der Waals surface area contributed by atoms with Crippen molar-refractivity contribution in [3.8, 4) is 16.9 Å². The largest absolute Gasteiger partial charge is 0.347 e. The molecule has 7 heteroatoms. The molecule has 0 radical (unpaired) electrons. The monoisotopic (exact) mass is 387 g/mol. The number of hydrogen-bond acceptors (Lipinski definition) is 3. The van der Waals surface area contributed by atoms with Crippen LogP contribution in [0.4, 0.5) is 0 Å². The van der Waals surface area contributed by atoms with Gasteiger partial charge in [-0.25, -0.2) is 4.68 Å². The maximum Gasteiger partial charge on any atom is 0.272 e. The van der Waals surface area contributed by atoms with Gasteiger partial charge in [-0.1, -0.05) is 36.4 Å². The third kappa shape index (κ3) is 3.75. The van der Waals surface area contributed by atoms with Crippen LogP contribution < -0.4 is 5.32 Å². The Morgan fingerprint density at radius 2 is 1.72 bits per heavy atom. The third-order valence-electron chi connectivity index (χ3n) is 4.69. The minimum absolute atomic E-state index is 0.0623. The van der Waals surface area contributed by atoms with Gasteiger partial charge in [-0.15, -0.1) is 0 Å². The van der Waals surface area contributed by atoms with Crippen LogP contribution in [-0.2, 0) is 4.79 Å². The first-order valence-electron chi connectivity index (χ1n) is 9.24. The number of amides is 2. The van der Waals surface area contributed by atoms with Crippen LogP contribution >= 0.6 is 0 Å². The fourth-order valence-corrected chi connectivity index (χ4v) is 3.05. The molecule has 2 amide bonds. The number of pyridine rings is 1. The molecule has 0 bridgehead atoms. The van der Waals surface area contributed by atoms with Crippen molar-refractivity contribution in [1.29, 1.82) is 0 Å². The average Bonchev–Trinajstić information content (AvgIpc) is 3.38. The average molecular weight is 387 g/mol. The molecule has 0 saturated carbocycles. The Morgan fingerprint density at radius 1 is 0.966 bits per heavy atom. The van der Waals surface area contributed by atoms with Gasteiger partial charge in [0.1, 0.15) is 5.82 Å². The SMILES string of the molecule is CN(C)C(=O)CNC(=O)c1ccn(-c2ccc3ccc(-c4ccccc4)cn23)n1. The van der Waals surface area contributed by atoms with Crippen molar-refractivity contribution in [2.24, 2.45) is 0 Å². The van der Waals surface area contributed by atoms with Crippen LogP contribution in [-0.4, -0.2) is 51.5 Å². The van der Waals surface area contributed by atoms with Crippen molar-refractivity contribution in [3.05, 3.63) is 78.8 Å². The highest BCUT2D eigenvalue weighted by atomic mass is 16.2. The summed E-state index contributed by atoms with van der Waals surface area (Å²) in [5, 5.41) is 6.98. The lowest BCUT2D eigenvalue weighted by Crippen LogP contribution is -2.36. The van der Waals surface area contributed by atoms with Gasteiger partial charge in [0.15, 0.2) is 5.69 Å². The fourth-order valence-electron chi connectivity index (χ4n) is 3.05. The lowest BCUT2D eigenvalue weighted by Gasteiger charge is -2.10. The molecule has 146 valence electrons. The molecular formula is C22H21N5O2. The lowest BCUT2D eigenvalue weighted by molar-refractivity contribution is -0.127. The lowest BCUT2D eigenvalue weighted by atomic mass is 10.1. The molecule has 0 aliphatic carbocycles. The van der Waals surface area contributed by atoms with E-state index in [1.807, 2.05) is 34.7 Å². The van der Waals surface area contributed by atoms with E-state index in [-0.39, 0.29) is 24.1 Å². The van der Waals surface area contributed by atoms with Crippen molar-refractivity contribution in [3.63, 3.8) is 0 Å². The number of nitrogens with one attached hydrogen (secondary N) is 1. The van der Waals surface area contributed by atoms with Crippen LogP contribution in [0.25, 0.3) is 22.5 Å². The summed E-state index contributed by atoms with van der Waals surface area (Å²) >= 11 is 0. The molecule has 29 heavy (non-hydrogen) atoms. The highest BCUT2D eigenvalue weighted by molar-refractivity contribution is 5.94. The molecule has 4 rings (SSSR count). The zero-order chi connectivity index (χ0) is 20.4. The second-order valence-electron chi connectivity index (χ2n) is 6.89. The molecule has 0 aliphatic rings. The Morgan fingerprint density at radius 3 is 2.48 bits per heavy atom. The summed E-state index contributed by atoms with van der Waals surface area (Å²) in [6.07, 6.45) is 3.79. The number of nitrogens with zero attached hydrogens (tertiary/aromatic N) is 4. The molecule has 0 atom stereocenters. The summed E-state index contributed by atoms with van der Waals surface area (Å²) < 4.78 is 3.69. The van der Waals surface area contributed by atoms with Gasteiger partial charge in [-0.05, 0) is 35.4 Å². The Balaban J connectivity index is 1.61. The highest BCUT2D eigenvalue weighted by Crippen LogP contribution is 2.22. The Hall–Kier alpha value is -3.87. The van der Waals surface area contributed by atoms with Crippen molar-refractivity contribution in [2.45, 2.75) is 0 Å². The maximum atomic E-state index is 12.3. The molecule has 1 N–H and O–H groups in total. The zero-order valence-electron chi connectivity index (χ0n) is 16.2. The first-order chi connectivity index (χ1) is 14.0. The summed E-state index contributed by atoms with van der Waals surface area (Å²) in [5.41, 5.74) is 3.49. The van der Waals surface area contributed by atoms with Crippen molar-refractivity contribution in [1.82, 2.24) is 24.4 Å². The number of carbonyl (C=O) groups excluding carboxylic acids is 2. The predicted octanol–water partition coefficient (Wildman–Crippen LogP) is 2.61. The van der Waals surface area contributed by atoms with Gasteiger partial charge in [0, 0.05) is 32.0 Å². The summed E-state index contributed by atoms with van der Waals surface area (Å²) in [4.78, 5) is 25.4. The number of likely N-dealkylation sites (N-methyl/N-ethyl adjacent to an activating group) is 1. The minimum atomic E-state index is -0.384. The predicted molar refractivity (Wildman–Crippen MR) is 111 cm³/mol. The summed E-state index contributed by atoms with van der Waals surface area (Å²) in [5.74, 6) is 0.259. The molecule has 1 aromatic carbocycles. The Bertz CT molecular complexity index is 1170. The molecule has 0 spiro atoms. The van der Waals surface area contributed by atoms with Gasteiger partial charge in [0.2, 0.25) is 5.91 Å². The number of carbonyl (C=O) groups is 2. The van der Waals surface area contributed by atoms with Gasteiger partial charge in [0.05, 0.1) is 6.54 Å². The molecule has 0 saturated heterocycles. The van der Waals surface area contributed by atoms with Crippen LogP contribution in [0.15, 0.2) is 73.1 Å². The van der Waals surface area contributed by atoms with Gasteiger partial charge in [0.25, 0.3) is 5.91 Å². The van der Waals surface area contributed by atoms with Gasteiger partial charge in [-0.2, -0.15) is 5.10 Å². The summed E-state index contributed by atoms with van der Waals surface area (Å²) in [6, 6.07) is 19.9. The van der Waals surface area contributed by atoms with Crippen LogP contribution in [0, 0.1) is 0 Å². The van der Waals surface area contributed by atoms with Crippen LogP contribution in [0.5, 0.6) is 0 Å². The third-order valence-corrected chi connectivity index (χ3v) is 4.69. The Kier molecular flexibility index (Phi) is 4.87. The van der Waals surface area contributed by atoms with E-state index in [2.05, 4.69) is 40.9 Å². The van der Waals surface area contributed by atoms with Crippen LogP contribution in [0.3, 0.4) is 0 Å². The van der Waals surface area contributed by atoms with E-state index in [4.69, 9.17) is 0 Å². The standard InChI is InChI=1S/C22H21N5O2/c1-25(2)21(28)14-23-22(29)19-12-13-27(24-19)20-11-10-18-9-8-17(15-26(18)20)16-6-4-3-5-7-16/h3-13,15H,14H2,1-2H3,(H,23,29). The molecule has 0 fully saturated rings. The molecule has 7 nitrogen and oxygen atoms in total. The summed E-state index contributed by atoms with van der Waals surface area (Å²) in [7, 11) is 3.29. The maximum absolute atomic E-state index is 12.3. The quantitative estimate of drug-likeness (QED) is 0.572. The molecule has 0 unspecified atom stereocenters. The zero-order valence-corrected chi connectivity index (χ0v) is 16.2. The van der Waals surface area contributed by atoms with E-state index in [0.29, 0.717) is 0 Å². The molecule has 3 heterocycles. The Labute approximate surface area is 168 Å². The van der Waals surface area contributed by atoms with E-state index in [1.165, 1.54) is 4.90 Å². The van der Waals surface area contributed by atoms with Gasteiger partial charge in [-0.3, -0.25) is 9.59 Å². The minimum Gasteiger partial charge on any atom is -0.347 e. The number of fused-ring (bicyclic) bond motifs is 1. The second-order valence-corrected chi connectivity index (χ2v) is 6.89. The molecule has 4 aromatic rings. The normalized spacial score (nSPS) is 10.8. The smallest absolute Gasteiger partial charge is 0.272 e. The van der Waals surface area contributed by atoms with Crippen molar-refractivity contribution in [2.75, 3.05) is 20.6 Å². The van der Waals surface area contributed by atoms with Crippen molar-refractivity contribution >= 4 is 17.3 Å². The van der Waals surface area contributed by atoms with E-state index in [0.717, 1.165) is 22.5 Å². The van der Waals surface area contributed by atoms with Gasteiger partial charge >= 0.3 is 0 Å². The van der Waals surface area contributed by atoms with Crippen LogP contribution in [0.1, 0.15) is 10.5 Å². The number of rotatable bonds is 5. The van der Waals surface area contributed by atoms with E-state index >= 15 is 0 Å². The number of benzene rings is 1. The van der Waals surface area contributed by atoms with Gasteiger partial charge < -0.3 is 14.6 Å². The first-order valence-corrected chi connectivity index (χ1v) is 9.24. The number of aromatic nitrogens is 3. The van der Waals surface area contributed by atoms with E-state index in [1.54, 1.807) is 31.0 Å². The fraction of sp³-hybridized carbons (Fsp3) is 0.136. The summed E-state index contributed by atoms with van der Waals surface area (Å²) in [6.45, 7) is -0.0623. The highest BCUT2D eigenvalue weighted by Gasteiger charge is 2.14. The van der Waals surface area contributed by atoms with Crippen molar-refractivity contribution < 1.29 is 9.59 Å². The van der Waals surface area contributed by atoms with Crippen LogP contribution in [0.2, 0.25) is 0 Å². The molecular weight excluding hydrogens is 366 g/mol. The van der Waals surface area contributed by atoms with E-state index in [9.17, 15) is 9.59 Å². The van der Waals surface area contributed by atoms with E-state index < -0.39 is 0 Å². The topological polar surface area (TPSA) is 71.6 Å². The molecule has 3 aromatic heterocycles.